The van der Waals surface area contributed by atoms with Gasteiger partial charge >= 0.3 is 5.97 Å². The first-order valence-corrected chi connectivity index (χ1v) is 5.66. The van der Waals surface area contributed by atoms with Crippen LogP contribution in [0.1, 0.15) is 12.1 Å². The summed E-state index contributed by atoms with van der Waals surface area (Å²) in [6.07, 6.45) is 0.903. The number of rotatable bonds is 5. The van der Waals surface area contributed by atoms with Crippen molar-refractivity contribution in [3.05, 3.63) is 45.8 Å². The van der Waals surface area contributed by atoms with E-state index in [0.717, 1.165) is 12.3 Å². The molecule has 1 heterocycles. The van der Waals surface area contributed by atoms with Gasteiger partial charge in [-0.25, -0.2) is 13.5 Å². The molecular weight excluding hydrogens is 290 g/mol. The van der Waals surface area contributed by atoms with Gasteiger partial charge in [-0.3, -0.25) is 14.9 Å². The van der Waals surface area contributed by atoms with Crippen molar-refractivity contribution in [3.8, 4) is 5.69 Å². The third kappa shape index (κ3) is 2.99. The fourth-order valence-corrected chi connectivity index (χ4v) is 1.65. The average Bonchev–Trinajstić information content (AvgIpc) is 2.87. The van der Waals surface area contributed by atoms with Gasteiger partial charge in [-0.05, 0) is 6.07 Å². The van der Waals surface area contributed by atoms with Crippen LogP contribution in [-0.2, 0) is 11.2 Å². The summed E-state index contributed by atoms with van der Waals surface area (Å²) in [5, 5.41) is 26.4. The number of aromatic nitrogens is 3. The molecule has 2 aromatic rings. The molecule has 1 aromatic heterocycles. The normalized spacial score (nSPS) is 10.6. The van der Waals surface area contributed by atoms with Crippen molar-refractivity contribution in [1.82, 2.24) is 15.0 Å². The molecular formula is C11H8F2N4O4. The monoisotopic (exact) mass is 298 g/mol. The fourth-order valence-electron chi connectivity index (χ4n) is 1.65. The highest BCUT2D eigenvalue weighted by Crippen LogP contribution is 2.27. The van der Waals surface area contributed by atoms with Gasteiger partial charge in [0.1, 0.15) is 0 Å². The van der Waals surface area contributed by atoms with Gasteiger partial charge in [0.2, 0.25) is 0 Å². The summed E-state index contributed by atoms with van der Waals surface area (Å²) in [6.45, 7) is 0. The molecule has 8 nitrogen and oxygen atoms in total. The predicted octanol–water partition coefficient (Wildman–Crippen LogP) is 1.47. The molecule has 0 fully saturated rings. The van der Waals surface area contributed by atoms with Crippen molar-refractivity contribution >= 4 is 11.7 Å². The first-order chi connectivity index (χ1) is 9.90. The number of hydrogen-bond donors (Lipinski definition) is 1. The number of aliphatic carboxylic acids is 1. The standard InChI is InChI=1S/C11H8F2N4O4/c12-7-2-3-8(17(20)21)11(10(7)13)16-5-6(14-15-16)1-4-9(18)19/h2-3,5H,1,4H2,(H,18,19). The fraction of sp³-hybridized carbons (Fsp3) is 0.182. The molecule has 110 valence electrons. The minimum atomic E-state index is -1.43. The van der Waals surface area contributed by atoms with E-state index in [9.17, 15) is 23.7 Å². The second-order valence-corrected chi connectivity index (χ2v) is 4.03. The third-order valence-electron chi connectivity index (χ3n) is 2.61. The summed E-state index contributed by atoms with van der Waals surface area (Å²) in [4.78, 5) is 20.4. The van der Waals surface area contributed by atoms with Crippen molar-refractivity contribution in [2.75, 3.05) is 0 Å². The quantitative estimate of drug-likeness (QED) is 0.661. The van der Waals surface area contributed by atoms with Crippen molar-refractivity contribution in [3.63, 3.8) is 0 Å². The Balaban J connectivity index is 2.44. The molecule has 0 saturated carbocycles. The number of carboxylic acid groups (broad SMARTS) is 1. The Morgan fingerprint density at radius 3 is 2.76 bits per heavy atom. The molecule has 0 spiro atoms. The molecule has 0 aliphatic heterocycles. The summed E-state index contributed by atoms with van der Waals surface area (Å²) in [7, 11) is 0. The molecule has 1 aromatic carbocycles. The zero-order chi connectivity index (χ0) is 15.6. The Bertz CT molecular complexity index is 716. The van der Waals surface area contributed by atoms with Crippen molar-refractivity contribution in [1.29, 1.82) is 0 Å². The van der Waals surface area contributed by atoms with Gasteiger partial charge in [-0.2, -0.15) is 0 Å². The number of aryl methyl sites for hydroxylation is 1. The van der Waals surface area contributed by atoms with Crippen LogP contribution in [0.4, 0.5) is 14.5 Å². The van der Waals surface area contributed by atoms with Crippen LogP contribution in [0.15, 0.2) is 18.3 Å². The smallest absolute Gasteiger partial charge is 0.303 e. The summed E-state index contributed by atoms with van der Waals surface area (Å²) >= 11 is 0. The lowest BCUT2D eigenvalue weighted by molar-refractivity contribution is -0.384. The first-order valence-electron chi connectivity index (χ1n) is 5.66. The van der Waals surface area contributed by atoms with Gasteiger partial charge in [0.25, 0.3) is 5.69 Å². The topological polar surface area (TPSA) is 111 Å². The van der Waals surface area contributed by atoms with Crippen LogP contribution in [0.2, 0.25) is 0 Å². The molecule has 2 rings (SSSR count). The summed E-state index contributed by atoms with van der Waals surface area (Å²) in [6, 6.07) is 1.45. The number of hydrogen-bond acceptors (Lipinski definition) is 5. The van der Waals surface area contributed by atoms with Crippen LogP contribution < -0.4 is 0 Å². The maximum Gasteiger partial charge on any atom is 0.303 e. The minimum Gasteiger partial charge on any atom is -0.481 e. The van der Waals surface area contributed by atoms with Crippen molar-refractivity contribution in [2.24, 2.45) is 0 Å². The highest BCUT2D eigenvalue weighted by molar-refractivity contribution is 5.66. The van der Waals surface area contributed by atoms with E-state index in [1.807, 2.05) is 0 Å². The molecule has 0 atom stereocenters. The molecule has 1 N–H and O–H groups in total. The van der Waals surface area contributed by atoms with Crippen LogP contribution in [0.25, 0.3) is 5.69 Å². The number of carbonyl (C=O) groups is 1. The van der Waals surface area contributed by atoms with Crippen LogP contribution in [0.5, 0.6) is 0 Å². The van der Waals surface area contributed by atoms with E-state index in [0.29, 0.717) is 10.7 Å². The Morgan fingerprint density at radius 1 is 1.43 bits per heavy atom. The summed E-state index contributed by atoms with van der Waals surface area (Å²) < 4.78 is 27.7. The predicted molar refractivity (Wildman–Crippen MR) is 63.9 cm³/mol. The Kier molecular flexibility index (Phi) is 3.87. The second-order valence-electron chi connectivity index (χ2n) is 4.03. The highest BCUT2D eigenvalue weighted by Gasteiger charge is 2.24. The lowest BCUT2D eigenvalue weighted by Gasteiger charge is -2.04. The maximum atomic E-state index is 13.8. The van der Waals surface area contributed by atoms with E-state index in [4.69, 9.17) is 5.11 Å². The third-order valence-corrected chi connectivity index (χ3v) is 2.61. The molecule has 0 radical (unpaired) electrons. The Morgan fingerprint density at radius 2 is 2.14 bits per heavy atom. The highest BCUT2D eigenvalue weighted by atomic mass is 19.2. The SMILES string of the molecule is O=C(O)CCc1cn(-c2c([N+](=O)[O-])ccc(F)c2F)nn1. The summed E-state index contributed by atoms with van der Waals surface area (Å²) in [5.41, 5.74) is -1.17. The largest absolute Gasteiger partial charge is 0.481 e. The molecule has 0 unspecified atom stereocenters. The van der Waals surface area contributed by atoms with E-state index in [1.54, 1.807) is 0 Å². The van der Waals surface area contributed by atoms with E-state index >= 15 is 0 Å². The number of nitrogens with zero attached hydrogens (tertiary/aromatic N) is 4. The van der Waals surface area contributed by atoms with Gasteiger partial charge in [0.05, 0.1) is 23.2 Å². The second kappa shape index (κ2) is 5.61. The van der Waals surface area contributed by atoms with Crippen molar-refractivity contribution in [2.45, 2.75) is 12.8 Å². The maximum absolute atomic E-state index is 13.8. The number of nitro groups is 1. The molecule has 10 heteroatoms. The van der Waals surface area contributed by atoms with Gasteiger partial charge in [-0.15, -0.1) is 5.10 Å². The van der Waals surface area contributed by atoms with E-state index in [1.165, 1.54) is 0 Å². The van der Waals surface area contributed by atoms with Crippen LogP contribution in [0.3, 0.4) is 0 Å². The van der Waals surface area contributed by atoms with Gasteiger partial charge < -0.3 is 5.11 Å². The van der Waals surface area contributed by atoms with Crippen molar-refractivity contribution < 1.29 is 23.6 Å². The number of halogens is 2. The number of carboxylic acids is 1. The lowest BCUT2D eigenvalue weighted by Crippen LogP contribution is -2.05. The molecule has 0 bridgehead atoms. The van der Waals surface area contributed by atoms with E-state index in [2.05, 4.69) is 10.3 Å². The molecule has 21 heavy (non-hydrogen) atoms. The van der Waals surface area contributed by atoms with Crippen LogP contribution in [0, 0.1) is 21.7 Å². The van der Waals surface area contributed by atoms with Crippen LogP contribution >= 0.6 is 0 Å². The van der Waals surface area contributed by atoms with E-state index < -0.39 is 33.9 Å². The lowest BCUT2D eigenvalue weighted by atomic mass is 10.2. The Hall–Kier alpha value is -2.91. The minimum absolute atomic E-state index is 0.0140. The molecule has 0 amide bonds. The van der Waals surface area contributed by atoms with Gasteiger partial charge in [0, 0.05) is 12.5 Å². The molecule has 0 saturated heterocycles. The van der Waals surface area contributed by atoms with Gasteiger partial charge in [-0.1, -0.05) is 5.21 Å². The zero-order valence-corrected chi connectivity index (χ0v) is 10.4. The molecule has 0 aliphatic carbocycles. The zero-order valence-electron chi connectivity index (χ0n) is 10.4. The van der Waals surface area contributed by atoms with E-state index in [-0.39, 0.29) is 18.5 Å². The van der Waals surface area contributed by atoms with Gasteiger partial charge in [0.15, 0.2) is 17.3 Å². The number of nitro benzene ring substituents is 1. The Labute approximate surface area is 115 Å². The first kappa shape index (κ1) is 14.5. The molecule has 0 aliphatic rings. The number of benzene rings is 1. The van der Waals surface area contributed by atoms with Crippen LogP contribution in [-0.4, -0.2) is 31.0 Å². The summed E-state index contributed by atoms with van der Waals surface area (Å²) in [5.74, 6) is -3.76. The average molecular weight is 298 g/mol.